The predicted molar refractivity (Wildman–Crippen MR) is 203 cm³/mol. The summed E-state index contributed by atoms with van der Waals surface area (Å²) in [5.41, 5.74) is 9.41. The summed E-state index contributed by atoms with van der Waals surface area (Å²) in [5, 5.41) is 8.14. The molecule has 0 saturated carbocycles. The molecule has 10 aromatic rings. The second kappa shape index (κ2) is 9.40. The maximum absolute atomic E-state index is 2.55. The lowest BCUT2D eigenvalue weighted by molar-refractivity contribution is 0.957. The molecule has 0 radical (unpaired) electrons. The van der Waals surface area contributed by atoms with Gasteiger partial charge in [0.25, 0.3) is 0 Å². The van der Waals surface area contributed by atoms with Crippen LogP contribution < -0.4 is 0 Å². The first kappa shape index (κ1) is 25.5. The molecule has 0 fully saturated rings. The van der Waals surface area contributed by atoms with Gasteiger partial charge in [-0.25, -0.2) is 0 Å². The molecule has 4 heteroatoms. The third-order valence-electron chi connectivity index (χ3n) is 9.91. The van der Waals surface area contributed by atoms with Crippen LogP contribution in [0.1, 0.15) is 10.4 Å². The average Bonchev–Trinajstić information content (AvgIpc) is 3.85. The van der Waals surface area contributed by atoms with Crippen molar-refractivity contribution < 1.29 is 0 Å². The minimum Gasteiger partial charge on any atom is -0.309 e. The fraction of sp³-hybridized carbons (Fsp3) is 0.0476. The smallest absolute Gasteiger partial charge is 0.0590 e. The van der Waals surface area contributed by atoms with Crippen molar-refractivity contribution in [3.8, 4) is 28.1 Å². The van der Waals surface area contributed by atoms with Gasteiger partial charge < -0.3 is 4.57 Å². The number of aryl methyl sites for hydroxylation is 2. The Morgan fingerprint density at radius 2 is 1.04 bits per heavy atom. The van der Waals surface area contributed by atoms with Gasteiger partial charge in [-0.15, -0.1) is 34.0 Å². The van der Waals surface area contributed by atoms with Gasteiger partial charge in [-0.1, -0.05) is 72.8 Å². The Hall–Kier alpha value is -4.74. The number of hydrogen-bond acceptors (Lipinski definition) is 3. The van der Waals surface area contributed by atoms with Crippen LogP contribution in [0, 0.1) is 0 Å². The van der Waals surface area contributed by atoms with Gasteiger partial charge in [-0.2, -0.15) is 0 Å². The van der Waals surface area contributed by atoms with Crippen molar-refractivity contribution in [2.45, 2.75) is 12.8 Å². The molecule has 0 atom stereocenters. The predicted octanol–water partition coefficient (Wildman–Crippen LogP) is 13.0. The molecular weight excluding hydrogens is 615 g/mol. The van der Waals surface area contributed by atoms with Gasteiger partial charge in [0.2, 0.25) is 0 Å². The van der Waals surface area contributed by atoms with Crippen LogP contribution in [0.5, 0.6) is 0 Å². The van der Waals surface area contributed by atoms with Crippen LogP contribution in [0.25, 0.3) is 89.4 Å². The van der Waals surface area contributed by atoms with Crippen molar-refractivity contribution in [3.05, 3.63) is 138 Å². The fourth-order valence-corrected chi connectivity index (χ4v) is 11.3. The maximum Gasteiger partial charge on any atom is 0.0590 e. The molecule has 6 aromatic carbocycles. The molecule has 0 aliphatic heterocycles. The van der Waals surface area contributed by atoms with Crippen LogP contribution in [-0.2, 0) is 12.8 Å². The maximum atomic E-state index is 2.55. The number of thiophene rings is 3. The highest BCUT2D eigenvalue weighted by Gasteiger charge is 2.28. The Balaban J connectivity index is 1.10. The van der Waals surface area contributed by atoms with Gasteiger partial charge in [0, 0.05) is 71.9 Å². The summed E-state index contributed by atoms with van der Waals surface area (Å²) in [7, 11) is 0. The van der Waals surface area contributed by atoms with Gasteiger partial charge >= 0.3 is 0 Å². The highest BCUT2D eigenvalue weighted by Crippen LogP contribution is 2.49. The minimum atomic E-state index is 1.09. The van der Waals surface area contributed by atoms with E-state index in [1.807, 2.05) is 34.0 Å². The van der Waals surface area contributed by atoms with E-state index >= 15 is 0 Å². The van der Waals surface area contributed by atoms with Crippen molar-refractivity contribution in [2.75, 3.05) is 0 Å². The molecule has 1 aliphatic rings. The lowest BCUT2D eigenvalue weighted by Gasteiger charge is -2.18. The summed E-state index contributed by atoms with van der Waals surface area (Å²) in [6.07, 6.45) is 2.20. The third-order valence-corrected chi connectivity index (χ3v) is 13.4. The second-order valence-corrected chi connectivity index (χ2v) is 15.7. The van der Waals surface area contributed by atoms with Crippen LogP contribution in [0.2, 0.25) is 0 Å². The number of nitrogens with zero attached hydrogens (tertiary/aromatic N) is 1. The Bertz CT molecular complexity index is 2870. The molecule has 11 rings (SSSR count). The number of rotatable bonds is 2. The first-order valence-electron chi connectivity index (χ1n) is 15.8. The van der Waals surface area contributed by atoms with E-state index in [-0.39, 0.29) is 0 Å². The van der Waals surface area contributed by atoms with Gasteiger partial charge in [0.15, 0.2) is 0 Å². The van der Waals surface area contributed by atoms with Crippen molar-refractivity contribution >= 4 is 95.3 Å². The summed E-state index contributed by atoms with van der Waals surface area (Å²) in [4.78, 5) is 1.52. The Morgan fingerprint density at radius 1 is 0.435 bits per heavy atom. The van der Waals surface area contributed by atoms with Crippen LogP contribution in [0.15, 0.2) is 127 Å². The first-order chi connectivity index (χ1) is 22.8. The van der Waals surface area contributed by atoms with E-state index in [0.717, 1.165) is 12.8 Å². The van der Waals surface area contributed by atoms with E-state index in [1.165, 1.54) is 99.8 Å². The molecule has 216 valence electrons. The van der Waals surface area contributed by atoms with E-state index in [9.17, 15) is 0 Å². The number of hydrogen-bond donors (Lipinski definition) is 0. The highest BCUT2D eigenvalue weighted by molar-refractivity contribution is 7.26. The minimum absolute atomic E-state index is 1.09. The van der Waals surface area contributed by atoms with E-state index in [2.05, 4.69) is 132 Å². The van der Waals surface area contributed by atoms with Crippen LogP contribution >= 0.6 is 34.0 Å². The summed E-state index contributed by atoms with van der Waals surface area (Å²) in [6, 6.07) is 47.8. The molecule has 0 spiro atoms. The van der Waals surface area contributed by atoms with Crippen molar-refractivity contribution in [3.63, 3.8) is 0 Å². The van der Waals surface area contributed by atoms with Gasteiger partial charge in [-0.05, 0) is 84.1 Å². The van der Waals surface area contributed by atoms with E-state index in [1.54, 1.807) is 0 Å². The van der Waals surface area contributed by atoms with E-state index < -0.39 is 0 Å². The lowest BCUT2D eigenvalue weighted by atomic mass is 9.92. The summed E-state index contributed by atoms with van der Waals surface area (Å²) < 4.78 is 9.31. The van der Waals surface area contributed by atoms with E-state index in [0.29, 0.717) is 0 Å². The number of para-hydroxylation sites is 1. The molecule has 0 N–H and O–H groups in total. The molecule has 0 unspecified atom stereocenters. The molecule has 46 heavy (non-hydrogen) atoms. The van der Waals surface area contributed by atoms with Crippen LogP contribution in [-0.4, -0.2) is 4.57 Å². The second-order valence-electron chi connectivity index (χ2n) is 12.4. The van der Waals surface area contributed by atoms with E-state index in [4.69, 9.17) is 0 Å². The van der Waals surface area contributed by atoms with Gasteiger partial charge in [-0.3, -0.25) is 0 Å². The SMILES string of the molecule is c1ccc2c3c(sc2c1)CCc1c-3n(-c2ccc3c(c2)sc2ccc(-c4ccc5sc6ccccc6c5c4)cc23)c2ccccc12. The zero-order valence-electron chi connectivity index (χ0n) is 24.7. The quantitative estimate of drug-likeness (QED) is 0.177. The summed E-state index contributed by atoms with van der Waals surface area (Å²) in [6.45, 7) is 0. The number of aromatic nitrogens is 1. The van der Waals surface area contributed by atoms with Crippen LogP contribution in [0.4, 0.5) is 0 Å². The highest BCUT2D eigenvalue weighted by atomic mass is 32.1. The number of benzene rings is 6. The lowest BCUT2D eigenvalue weighted by Crippen LogP contribution is -2.04. The molecular formula is C42H25NS3. The standard InChI is InChI=1S/C42H25NS3/c1-4-10-34-27(7-1)30-17-20-39-41(31-9-3-6-12-36(31)45-39)42(30)43(34)26-15-16-29-33-22-25(14-19-38(33)46-40(29)23-26)24-13-18-37-32(21-24)28-8-2-5-11-35(28)44-37/h1-16,18-19,21-23H,17,20H2. The Kier molecular flexibility index (Phi) is 5.20. The fourth-order valence-electron chi connectivity index (χ4n) is 7.85. The molecule has 0 amide bonds. The molecule has 4 aromatic heterocycles. The van der Waals surface area contributed by atoms with Crippen LogP contribution in [0.3, 0.4) is 0 Å². The molecule has 1 nitrogen and oxygen atoms in total. The number of fused-ring (bicyclic) bond motifs is 13. The van der Waals surface area contributed by atoms with Crippen molar-refractivity contribution in [2.24, 2.45) is 0 Å². The molecule has 1 aliphatic carbocycles. The average molecular weight is 640 g/mol. The molecule has 4 heterocycles. The van der Waals surface area contributed by atoms with Gasteiger partial charge in [0.1, 0.15) is 0 Å². The van der Waals surface area contributed by atoms with Crippen molar-refractivity contribution in [1.29, 1.82) is 0 Å². The van der Waals surface area contributed by atoms with Gasteiger partial charge in [0.05, 0.1) is 11.2 Å². The Morgan fingerprint density at radius 3 is 1.83 bits per heavy atom. The molecule has 0 bridgehead atoms. The zero-order valence-corrected chi connectivity index (χ0v) is 27.2. The zero-order chi connectivity index (χ0) is 29.9. The first-order valence-corrected chi connectivity index (χ1v) is 18.2. The largest absolute Gasteiger partial charge is 0.309 e. The normalized spacial score (nSPS) is 13.0. The monoisotopic (exact) mass is 639 g/mol. The Labute approximate surface area is 277 Å². The van der Waals surface area contributed by atoms with Crippen molar-refractivity contribution in [1.82, 2.24) is 4.57 Å². The molecule has 0 saturated heterocycles. The third kappa shape index (κ3) is 3.49. The summed E-state index contributed by atoms with van der Waals surface area (Å²) in [5.74, 6) is 0. The topological polar surface area (TPSA) is 4.93 Å². The summed E-state index contributed by atoms with van der Waals surface area (Å²) >= 11 is 5.76.